The highest BCUT2D eigenvalue weighted by Gasteiger charge is 2.08. The summed E-state index contributed by atoms with van der Waals surface area (Å²) >= 11 is 0. The van der Waals surface area contributed by atoms with E-state index in [-0.39, 0.29) is 0 Å². The monoisotopic (exact) mass is 401 g/mol. The summed E-state index contributed by atoms with van der Waals surface area (Å²) < 4.78 is 6.05. The van der Waals surface area contributed by atoms with Gasteiger partial charge in [-0.1, -0.05) is 56.3 Å². The molecule has 0 radical (unpaired) electrons. The molecule has 0 atom stereocenters. The lowest BCUT2D eigenvalue weighted by molar-refractivity contribution is -0.159. The van der Waals surface area contributed by atoms with Gasteiger partial charge in [0.1, 0.15) is 5.75 Å². The predicted molar refractivity (Wildman–Crippen MR) is 113 cm³/mol. The SMILES string of the molecule is Cc1ccc(C(C)C)c(OCCCN(C)Cc2ccccc2)c1.O=C(O)C(=O)O. The number of rotatable bonds is 8. The molecule has 6 nitrogen and oxygen atoms in total. The Hall–Kier alpha value is -2.86. The first kappa shape index (κ1) is 24.2. The van der Waals surface area contributed by atoms with Gasteiger partial charge < -0.3 is 19.8 Å². The standard InChI is InChI=1S/C21H29NO.C2H2O4/c1-17(2)20-12-11-18(3)15-21(20)23-14-8-13-22(4)16-19-9-6-5-7-10-19;3-1(4)2(5)6/h5-7,9-12,15,17H,8,13-14,16H2,1-4H3;(H,3,4)(H,5,6). The fourth-order valence-corrected chi connectivity index (χ4v) is 2.73. The van der Waals surface area contributed by atoms with Gasteiger partial charge >= 0.3 is 11.9 Å². The molecular weight excluding hydrogens is 370 g/mol. The first-order chi connectivity index (χ1) is 13.7. The number of ether oxygens (including phenoxy) is 1. The first-order valence-corrected chi connectivity index (χ1v) is 9.62. The third-order valence-corrected chi connectivity index (χ3v) is 4.21. The van der Waals surface area contributed by atoms with Gasteiger partial charge in [0.15, 0.2) is 0 Å². The maximum atomic E-state index is 9.10. The zero-order valence-electron chi connectivity index (χ0n) is 17.6. The molecule has 0 amide bonds. The lowest BCUT2D eigenvalue weighted by atomic mass is 10.0. The number of benzene rings is 2. The summed E-state index contributed by atoms with van der Waals surface area (Å²) in [6, 6.07) is 17.1. The Labute approximate surface area is 172 Å². The van der Waals surface area contributed by atoms with Crippen molar-refractivity contribution in [3.63, 3.8) is 0 Å². The van der Waals surface area contributed by atoms with Crippen LogP contribution in [0.2, 0.25) is 0 Å². The molecule has 29 heavy (non-hydrogen) atoms. The third-order valence-electron chi connectivity index (χ3n) is 4.21. The van der Waals surface area contributed by atoms with E-state index in [4.69, 9.17) is 24.5 Å². The van der Waals surface area contributed by atoms with Crippen molar-refractivity contribution < 1.29 is 24.5 Å². The van der Waals surface area contributed by atoms with Crippen molar-refractivity contribution in [1.82, 2.24) is 4.90 Å². The molecule has 2 N–H and O–H groups in total. The van der Waals surface area contributed by atoms with E-state index in [9.17, 15) is 0 Å². The van der Waals surface area contributed by atoms with Crippen LogP contribution in [0.1, 0.15) is 42.9 Å². The topological polar surface area (TPSA) is 87.1 Å². The normalized spacial score (nSPS) is 10.4. The van der Waals surface area contributed by atoms with Crippen LogP contribution in [0.15, 0.2) is 48.5 Å². The number of carbonyl (C=O) groups is 2. The van der Waals surface area contributed by atoms with Gasteiger partial charge in [-0.05, 0) is 49.1 Å². The number of hydrogen-bond donors (Lipinski definition) is 2. The van der Waals surface area contributed by atoms with E-state index in [1.54, 1.807) is 0 Å². The van der Waals surface area contributed by atoms with Crippen molar-refractivity contribution in [2.24, 2.45) is 0 Å². The fourth-order valence-electron chi connectivity index (χ4n) is 2.73. The molecule has 0 heterocycles. The quantitative estimate of drug-likeness (QED) is 0.510. The van der Waals surface area contributed by atoms with Crippen LogP contribution >= 0.6 is 0 Å². The van der Waals surface area contributed by atoms with E-state index in [1.165, 1.54) is 16.7 Å². The molecule has 0 aliphatic carbocycles. The average molecular weight is 402 g/mol. The van der Waals surface area contributed by atoms with Gasteiger partial charge in [-0.25, -0.2) is 9.59 Å². The molecule has 0 fully saturated rings. The molecule has 6 heteroatoms. The first-order valence-electron chi connectivity index (χ1n) is 9.62. The van der Waals surface area contributed by atoms with Gasteiger partial charge in [-0.2, -0.15) is 0 Å². The number of carboxylic acid groups (broad SMARTS) is 2. The minimum absolute atomic E-state index is 0.492. The second-order valence-corrected chi connectivity index (χ2v) is 7.23. The summed E-state index contributed by atoms with van der Waals surface area (Å²) in [5.41, 5.74) is 3.91. The number of carboxylic acids is 2. The van der Waals surface area contributed by atoms with Crippen molar-refractivity contribution in [2.75, 3.05) is 20.2 Å². The Morgan fingerprint density at radius 2 is 1.66 bits per heavy atom. The summed E-state index contributed by atoms with van der Waals surface area (Å²) in [5, 5.41) is 14.8. The van der Waals surface area contributed by atoms with Gasteiger partial charge in [-0.3, -0.25) is 0 Å². The highest BCUT2D eigenvalue weighted by molar-refractivity contribution is 6.27. The summed E-state index contributed by atoms with van der Waals surface area (Å²) in [6.45, 7) is 9.34. The van der Waals surface area contributed by atoms with E-state index in [0.717, 1.165) is 31.9 Å². The molecule has 2 aromatic carbocycles. The summed E-state index contributed by atoms with van der Waals surface area (Å²) in [6.07, 6.45) is 1.04. The van der Waals surface area contributed by atoms with E-state index >= 15 is 0 Å². The highest BCUT2D eigenvalue weighted by atomic mass is 16.5. The summed E-state index contributed by atoms with van der Waals surface area (Å²) in [4.78, 5) is 20.5. The van der Waals surface area contributed by atoms with Crippen molar-refractivity contribution in [3.05, 3.63) is 65.2 Å². The van der Waals surface area contributed by atoms with Crippen LogP contribution in [0.25, 0.3) is 0 Å². The number of aryl methyl sites for hydroxylation is 1. The lowest BCUT2D eigenvalue weighted by Gasteiger charge is -2.18. The molecule has 0 aliphatic heterocycles. The van der Waals surface area contributed by atoms with E-state index < -0.39 is 11.9 Å². The second-order valence-electron chi connectivity index (χ2n) is 7.23. The smallest absolute Gasteiger partial charge is 0.414 e. The third kappa shape index (κ3) is 9.76. The minimum Gasteiger partial charge on any atom is -0.493 e. The number of hydrogen-bond acceptors (Lipinski definition) is 4. The Bertz CT molecular complexity index is 762. The summed E-state index contributed by atoms with van der Waals surface area (Å²) in [7, 11) is 2.17. The van der Waals surface area contributed by atoms with Crippen LogP contribution in [0, 0.1) is 6.92 Å². The van der Waals surface area contributed by atoms with Crippen molar-refractivity contribution in [3.8, 4) is 5.75 Å². The Morgan fingerprint density at radius 1 is 1.03 bits per heavy atom. The van der Waals surface area contributed by atoms with E-state index in [2.05, 4.69) is 81.2 Å². The summed E-state index contributed by atoms with van der Waals surface area (Å²) in [5.74, 6) is -2.11. The molecule has 0 spiro atoms. The van der Waals surface area contributed by atoms with E-state index in [0.29, 0.717) is 5.92 Å². The van der Waals surface area contributed by atoms with Crippen LogP contribution in [0.3, 0.4) is 0 Å². The molecule has 0 aromatic heterocycles. The molecule has 2 rings (SSSR count). The van der Waals surface area contributed by atoms with Crippen LogP contribution in [-0.2, 0) is 16.1 Å². The zero-order chi connectivity index (χ0) is 21.8. The number of aliphatic carboxylic acids is 2. The van der Waals surface area contributed by atoms with Crippen LogP contribution < -0.4 is 4.74 Å². The largest absolute Gasteiger partial charge is 0.493 e. The maximum absolute atomic E-state index is 9.10. The molecule has 0 unspecified atom stereocenters. The van der Waals surface area contributed by atoms with Crippen LogP contribution in [-0.4, -0.2) is 47.3 Å². The molecule has 0 aliphatic rings. The lowest BCUT2D eigenvalue weighted by Crippen LogP contribution is -2.20. The Morgan fingerprint density at radius 3 is 2.21 bits per heavy atom. The fraction of sp³-hybridized carbons (Fsp3) is 0.391. The molecule has 0 bridgehead atoms. The molecule has 0 saturated carbocycles. The average Bonchev–Trinajstić information content (AvgIpc) is 2.66. The van der Waals surface area contributed by atoms with Gasteiger partial charge in [0.05, 0.1) is 6.61 Å². The molecule has 158 valence electrons. The van der Waals surface area contributed by atoms with E-state index in [1.807, 2.05) is 0 Å². The molecular formula is C23H31NO5. The van der Waals surface area contributed by atoms with Crippen molar-refractivity contribution in [1.29, 1.82) is 0 Å². The van der Waals surface area contributed by atoms with Crippen LogP contribution in [0.4, 0.5) is 0 Å². The Kier molecular flexibility index (Phi) is 10.5. The van der Waals surface area contributed by atoms with Crippen molar-refractivity contribution in [2.45, 2.75) is 39.7 Å². The number of nitrogens with zero attached hydrogens (tertiary/aromatic N) is 1. The molecule has 2 aromatic rings. The minimum atomic E-state index is -1.82. The van der Waals surface area contributed by atoms with Gasteiger partial charge in [0.25, 0.3) is 0 Å². The molecule has 0 saturated heterocycles. The van der Waals surface area contributed by atoms with Gasteiger partial charge in [0, 0.05) is 13.1 Å². The maximum Gasteiger partial charge on any atom is 0.414 e. The second kappa shape index (κ2) is 12.6. The van der Waals surface area contributed by atoms with Gasteiger partial charge in [-0.15, -0.1) is 0 Å². The Balaban J connectivity index is 0.000000612. The predicted octanol–water partition coefficient (Wildman–Crippen LogP) is 4.17. The zero-order valence-corrected chi connectivity index (χ0v) is 17.6. The van der Waals surface area contributed by atoms with Crippen molar-refractivity contribution >= 4 is 11.9 Å². The van der Waals surface area contributed by atoms with Gasteiger partial charge in [0.2, 0.25) is 0 Å². The highest BCUT2D eigenvalue weighted by Crippen LogP contribution is 2.27. The van der Waals surface area contributed by atoms with Crippen LogP contribution in [0.5, 0.6) is 5.75 Å².